The highest BCUT2D eigenvalue weighted by molar-refractivity contribution is 5.74. The summed E-state index contributed by atoms with van der Waals surface area (Å²) in [6.45, 7) is -1.18. The fourth-order valence-electron chi connectivity index (χ4n) is 6.26. The summed E-state index contributed by atoms with van der Waals surface area (Å²) in [5, 5.41) is 132. The van der Waals surface area contributed by atoms with E-state index in [1.54, 1.807) is 0 Å². The third-order valence-electron chi connectivity index (χ3n) is 9.05. The molecule has 0 saturated carbocycles. The molecule has 314 valence electrons. The van der Waals surface area contributed by atoms with Crippen LogP contribution in [0, 0.1) is 0 Å². The summed E-state index contributed by atoms with van der Waals surface area (Å²) >= 11 is 0. The predicted molar refractivity (Wildman–Crippen MR) is 171 cm³/mol. The number of ether oxygens (including phenoxy) is 6. The molecule has 24 nitrogen and oxygen atoms in total. The first-order valence-electron chi connectivity index (χ1n) is 17.0. The van der Waals surface area contributed by atoms with Gasteiger partial charge in [0.15, 0.2) is 18.9 Å². The maximum atomic E-state index is 12.1. The predicted octanol–water partition coefficient (Wildman–Crippen LogP) is -9.68. The fraction of sp³-hybridized carbons (Fsp3) is 0.900. The van der Waals surface area contributed by atoms with Gasteiger partial charge in [-0.25, -0.2) is 0 Å². The third-order valence-corrected chi connectivity index (χ3v) is 9.05. The Kier molecular flexibility index (Phi) is 17.7. The summed E-state index contributed by atoms with van der Waals surface area (Å²) in [5.74, 6) is -2.19. The molecule has 0 spiro atoms. The molecule has 3 amide bonds. The molecule has 19 atom stereocenters. The van der Waals surface area contributed by atoms with Gasteiger partial charge in [-0.1, -0.05) is 0 Å². The zero-order valence-corrected chi connectivity index (χ0v) is 29.5. The van der Waals surface area contributed by atoms with Crippen LogP contribution in [-0.2, 0) is 42.8 Å². The van der Waals surface area contributed by atoms with Crippen molar-refractivity contribution >= 4 is 17.7 Å². The first kappa shape index (κ1) is 46.1. The van der Waals surface area contributed by atoms with Crippen molar-refractivity contribution in [3.63, 3.8) is 0 Å². The Morgan fingerprint density at radius 1 is 0.630 bits per heavy atom. The van der Waals surface area contributed by atoms with Crippen molar-refractivity contribution in [2.24, 2.45) is 0 Å². The number of carbonyl (C=O) groups is 3. The van der Waals surface area contributed by atoms with Crippen molar-refractivity contribution in [1.82, 2.24) is 16.0 Å². The lowest BCUT2D eigenvalue weighted by Crippen LogP contribution is -2.68. The van der Waals surface area contributed by atoms with E-state index in [1.807, 2.05) is 0 Å². The van der Waals surface area contributed by atoms with Crippen LogP contribution in [0.2, 0.25) is 0 Å². The van der Waals surface area contributed by atoms with E-state index in [2.05, 4.69) is 16.0 Å². The standard InChI is InChI=1S/C30H53N3O21/c1-9(38)31-12(4-34)26(53-29-17(32-10(2)39)22(45)20(43)14(5-35)50-29)19(42)13(41)8-49-28-18(33-11(3)40)23(46)27(16(7-37)52-28)54-30-25(48)24(47)21(44)15(6-36)51-30/h12-30,34-37,41-48H,4-8H2,1-3H3,(H,31,38)(H,32,39)(H,33,40)/t12-,13+,14+,15+,16+,17+,18+,19-,20+,21-,22+,23+,24-,25+,26+,27+,28+,29-,30-/m0/s1. The number of rotatable bonds is 17. The number of amides is 3. The molecule has 0 unspecified atom stereocenters. The second-order valence-corrected chi connectivity index (χ2v) is 13.2. The Hall–Kier alpha value is -2.31. The Bertz CT molecular complexity index is 1210. The summed E-state index contributed by atoms with van der Waals surface area (Å²) in [6, 6.07) is -4.60. The molecule has 3 rings (SSSR count). The lowest BCUT2D eigenvalue weighted by Gasteiger charge is -2.47. The Labute approximate surface area is 308 Å². The van der Waals surface area contributed by atoms with Gasteiger partial charge in [-0.05, 0) is 0 Å². The van der Waals surface area contributed by atoms with E-state index in [1.165, 1.54) is 0 Å². The molecule has 24 heteroatoms. The number of nitrogens with one attached hydrogen (secondary N) is 3. The second-order valence-electron chi connectivity index (χ2n) is 13.2. The van der Waals surface area contributed by atoms with Crippen LogP contribution < -0.4 is 16.0 Å². The van der Waals surface area contributed by atoms with Crippen LogP contribution >= 0.6 is 0 Å². The molecule has 0 radical (unpaired) electrons. The van der Waals surface area contributed by atoms with E-state index >= 15 is 0 Å². The largest absolute Gasteiger partial charge is 0.394 e. The van der Waals surface area contributed by atoms with Gasteiger partial charge in [0.1, 0.15) is 91.4 Å². The summed E-state index contributed by atoms with van der Waals surface area (Å²) < 4.78 is 33.6. The molecule has 54 heavy (non-hydrogen) atoms. The van der Waals surface area contributed by atoms with Gasteiger partial charge in [-0.15, -0.1) is 0 Å². The highest BCUT2D eigenvalue weighted by Gasteiger charge is 2.52. The molecular weight excluding hydrogens is 738 g/mol. The van der Waals surface area contributed by atoms with Gasteiger partial charge in [0.25, 0.3) is 0 Å². The average Bonchev–Trinajstić information content (AvgIpc) is 3.12. The molecule has 3 aliphatic rings. The molecule has 3 aliphatic heterocycles. The van der Waals surface area contributed by atoms with Crippen molar-refractivity contribution < 1.29 is 104 Å². The number of aliphatic hydroxyl groups is 12. The first-order chi connectivity index (χ1) is 25.4. The summed E-state index contributed by atoms with van der Waals surface area (Å²) in [5.41, 5.74) is 0. The van der Waals surface area contributed by atoms with Gasteiger partial charge in [0, 0.05) is 20.8 Å². The molecule has 3 heterocycles. The van der Waals surface area contributed by atoms with E-state index in [9.17, 15) is 75.7 Å². The highest BCUT2D eigenvalue weighted by atomic mass is 16.7. The van der Waals surface area contributed by atoms with Gasteiger partial charge in [-0.2, -0.15) is 0 Å². The third kappa shape index (κ3) is 11.2. The van der Waals surface area contributed by atoms with E-state index in [0.717, 1.165) is 20.8 Å². The van der Waals surface area contributed by atoms with Crippen LogP contribution in [0.5, 0.6) is 0 Å². The van der Waals surface area contributed by atoms with Crippen molar-refractivity contribution in [3.05, 3.63) is 0 Å². The number of carbonyl (C=O) groups excluding carboxylic acids is 3. The Balaban J connectivity index is 1.83. The molecule has 0 aliphatic carbocycles. The van der Waals surface area contributed by atoms with E-state index in [4.69, 9.17) is 28.4 Å². The molecule has 3 saturated heterocycles. The van der Waals surface area contributed by atoms with E-state index in [0.29, 0.717) is 0 Å². The van der Waals surface area contributed by atoms with Crippen molar-refractivity contribution in [1.29, 1.82) is 0 Å². The zero-order chi connectivity index (χ0) is 40.6. The molecule has 0 aromatic rings. The van der Waals surface area contributed by atoms with Crippen molar-refractivity contribution in [2.45, 2.75) is 137 Å². The topological polar surface area (TPSA) is 385 Å². The normalized spacial score (nSPS) is 39.5. The van der Waals surface area contributed by atoms with Gasteiger partial charge in [-0.3, -0.25) is 14.4 Å². The smallest absolute Gasteiger partial charge is 0.217 e. The zero-order valence-electron chi connectivity index (χ0n) is 29.5. The minimum Gasteiger partial charge on any atom is -0.394 e. The molecular formula is C30H53N3O21. The maximum Gasteiger partial charge on any atom is 0.217 e. The Morgan fingerprint density at radius 3 is 1.63 bits per heavy atom. The van der Waals surface area contributed by atoms with Gasteiger partial charge in [0.2, 0.25) is 17.7 Å². The molecule has 15 N–H and O–H groups in total. The number of aliphatic hydroxyl groups excluding tert-OH is 12. The molecule has 0 bridgehead atoms. The van der Waals surface area contributed by atoms with E-state index < -0.39 is 167 Å². The highest BCUT2D eigenvalue weighted by Crippen LogP contribution is 2.30. The van der Waals surface area contributed by atoms with Crippen molar-refractivity contribution in [2.75, 3.05) is 33.0 Å². The van der Waals surface area contributed by atoms with Crippen LogP contribution in [0.15, 0.2) is 0 Å². The minimum atomic E-state index is -2.13. The summed E-state index contributed by atoms with van der Waals surface area (Å²) in [6.07, 6.45) is -28.2. The van der Waals surface area contributed by atoms with E-state index in [-0.39, 0.29) is 0 Å². The number of hydrogen-bond acceptors (Lipinski definition) is 21. The van der Waals surface area contributed by atoms with Crippen LogP contribution in [-0.4, -0.2) is 228 Å². The van der Waals surface area contributed by atoms with Gasteiger partial charge >= 0.3 is 0 Å². The van der Waals surface area contributed by atoms with Crippen LogP contribution in [0.3, 0.4) is 0 Å². The lowest BCUT2D eigenvalue weighted by atomic mass is 9.95. The summed E-state index contributed by atoms with van der Waals surface area (Å²) in [4.78, 5) is 36.0. The van der Waals surface area contributed by atoms with Crippen LogP contribution in [0.4, 0.5) is 0 Å². The van der Waals surface area contributed by atoms with Gasteiger partial charge in [0.05, 0.1) is 39.1 Å². The fourth-order valence-corrected chi connectivity index (χ4v) is 6.26. The summed E-state index contributed by atoms with van der Waals surface area (Å²) in [7, 11) is 0. The SMILES string of the molecule is CC(=O)N[C@H]1[C@H](OC[C@@H](O)[C@H](O)[C@H](O[C@@H]2O[C@H](CO)[C@@H](O)[C@H](O)[C@H]2NC(C)=O)[C@H](CO)NC(C)=O)O[C@H](CO)[C@@H](O[C@@H]2O[C@H](CO)[C@H](O)[C@H](O)[C@H]2O)[C@@H]1O. The Morgan fingerprint density at radius 2 is 1.13 bits per heavy atom. The van der Waals surface area contributed by atoms with Crippen LogP contribution in [0.25, 0.3) is 0 Å². The lowest BCUT2D eigenvalue weighted by molar-refractivity contribution is -0.349. The monoisotopic (exact) mass is 791 g/mol. The molecule has 0 aromatic carbocycles. The van der Waals surface area contributed by atoms with Crippen molar-refractivity contribution in [3.8, 4) is 0 Å². The van der Waals surface area contributed by atoms with Gasteiger partial charge < -0.3 is 106 Å². The minimum absolute atomic E-state index is 0.720. The average molecular weight is 792 g/mol. The quantitative estimate of drug-likeness (QED) is 0.0650. The maximum absolute atomic E-state index is 12.1. The molecule has 3 fully saturated rings. The number of hydrogen-bond donors (Lipinski definition) is 15. The van der Waals surface area contributed by atoms with Crippen LogP contribution in [0.1, 0.15) is 20.8 Å². The second kappa shape index (κ2) is 20.7. The molecule has 0 aromatic heterocycles. The first-order valence-corrected chi connectivity index (χ1v) is 17.0.